The number of aryl methyl sites for hydroxylation is 1. The first-order chi connectivity index (χ1) is 29.7. The molecule has 4 amide bonds. The predicted octanol–water partition coefficient (Wildman–Crippen LogP) is 6.50. The Bertz CT molecular complexity index is 2490. The SMILES string of the molecule is COc1cn2ccnc2cc1-c1ccc2c(c1)CCCN2c1nn(C2CCN(CC3CCN(c4cccc(N5CCC(=O)NC5=O)c4C)CC3)CC2)c2c1CN(C(C)=O)CC2. The monoisotopic (exact) mass is 824 g/mol. The van der Waals surface area contributed by atoms with Gasteiger partial charge in [0.1, 0.15) is 11.4 Å². The molecule has 2 aromatic carbocycles. The molecular formula is C47H56N10O4. The van der Waals surface area contributed by atoms with Crippen LogP contribution in [0.25, 0.3) is 16.8 Å². The van der Waals surface area contributed by atoms with Crippen LogP contribution in [0.1, 0.15) is 73.9 Å². The number of likely N-dealkylation sites (tertiary alicyclic amines) is 1. The standard InChI is InChI=1S/C47H56N10O4/c1-31-39(7-4-8-40(31)56-24-16-45(59)49-47(56)60)52-21-11-33(12-22-52)28-51-19-13-36(14-20-51)57-42-15-23-53(32(2)58)29-38(42)46(50-57)55-18-5-6-35-26-34(9-10-41(35)55)37-27-44-48-17-25-54(44)30-43(37)61-3/h4,7-10,17,25-27,30,33,36H,5-6,11-16,18-24,28-29H2,1-3H3,(H,49,59,60). The van der Waals surface area contributed by atoms with Crippen LogP contribution >= 0.6 is 0 Å². The van der Waals surface area contributed by atoms with Gasteiger partial charge in [0.15, 0.2) is 5.82 Å². The molecule has 318 valence electrons. The number of anilines is 4. The Labute approximate surface area is 357 Å². The first-order valence-electron chi connectivity index (χ1n) is 22.2. The zero-order valence-electron chi connectivity index (χ0n) is 35.6. The number of hydrogen-bond donors (Lipinski definition) is 1. The lowest BCUT2D eigenvalue weighted by atomic mass is 9.93. The normalized spacial score (nSPS) is 19.3. The van der Waals surface area contributed by atoms with Gasteiger partial charge in [-0.3, -0.25) is 24.5 Å². The molecule has 14 nitrogen and oxygen atoms in total. The summed E-state index contributed by atoms with van der Waals surface area (Å²) in [6, 6.07) is 15.0. The number of piperidine rings is 2. The summed E-state index contributed by atoms with van der Waals surface area (Å²) in [6.45, 7) is 11.6. The number of hydrogen-bond acceptors (Lipinski definition) is 9. The van der Waals surface area contributed by atoms with E-state index in [2.05, 4.69) is 66.9 Å². The number of pyridine rings is 1. The molecule has 1 N–H and O–H groups in total. The minimum absolute atomic E-state index is 0.115. The lowest BCUT2D eigenvalue weighted by Gasteiger charge is -2.39. The van der Waals surface area contributed by atoms with E-state index in [1.54, 1.807) is 25.1 Å². The molecule has 0 spiro atoms. The number of methoxy groups -OCH3 is 1. The third-order valence-electron chi connectivity index (χ3n) is 14.0. The van der Waals surface area contributed by atoms with E-state index in [0.717, 1.165) is 130 Å². The number of urea groups is 1. The summed E-state index contributed by atoms with van der Waals surface area (Å²) < 4.78 is 10.2. The molecule has 0 saturated carbocycles. The number of nitrogens with zero attached hydrogens (tertiary/aromatic N) is 9. The number of ether oxygens (including phenoxy) is 1. The zero-order valence-corrected chi connectivity index (χ0v) is 35.6. The average molecular weight is 825 g/mol. The van der Waals surface area contributed by atoms with E-state index in [0.29, 0.717) is 31.5 Å². The van der Waals surface area contributed by atoms with Crippen LogP contribution in [-0.4, -0.2) is 106 Å². The Morgan fingerprint density at radius 2 is 1.70 bits per heavy atom. The molecule has 3 saturated heterocycles. The molecule has 61 heavy (non-hydrogen) atoms. The molecule has 0 atom stereocenters. The molecular weight excluding hydrogens is 769 g/mol. The summed E-state index contributed by atoms with van der Waals surface area (Å²) in [6.07, 6.45) is 13.3. The van der Waals surface area contributed by atoms with Crippen molar-refractivity contribution >= 4 is 46.4 Å². The summed E-state index contributed by atoms with van der Waals surface area (Å²) >= 11 is 0. The van der Waals surface area contributed by atoms with Crippen molar-refractivity contribution in [1.82, 2.24) is 34.3 Å². The number of imide groups is 1. The van der Waals surface area contributed by atoms with Crippen molar-refractivity contribution in [3.63, 3.8) is 0 Å². The molecule has 5 aliphatic heterocycles. The van der Waals surface area contributed by atoms with Gasteiger partial charge in [-0.25, -0.2) is 9.78 Å². The largest absolute Gasteiger partial charge is 0.495 e. The van der Waals surface area contributed by atoms with E-state index in [1.807, 2.05) is 33.8 Å². The van der Waals surface area contributed by atoms with Crippen LogP contribution < -0.4 is 24.8 Å². The maximum atomic E-state index is 12.7. The summed E-state index contributed by atoms with van der Waals surface area (Å²) in [5, 5.41) is 7.97. The van der Waals surface area contributed by atoms with E-state index in [-0.39, 0.29) is 17.8 Å². The highest BCUT2D eigenvalue weighted by atomic mass is 16.5. The molecule has 0 unspecified atom stereocenters. The van der Waals surface area contributed by atoms with E-state index in [1.165, 1.54) is 28.2 Å². The second-order valence-electron chi connectivity index (χ2n) is 17.6. The first kappa shape index (κ1) is 39.3. The Morgan fingerprint density at radius 1 is 0.885 bits per heavy atom. The molecule has 10 rings (SSSR count). The fraction of sp³-hybridized carbons (Fsp3) is 0.468. The third kappa shape index (κ3) is 7.38. The van der Waals surface area contributed by atoms with Gasteiger partial charge in [-0.2, -0.15) is 5.10 Å². The van der Waals surface area contributed by atoms with Gasteiger partial charge in [-0.05, 0) is 98.4 Å². The number of benzene rings is 2. The highest BCUT2D eigenvalue weighted by Crippen LogP contribution is 2.42. The van der Waals surface area contributed by atoms with Gasteiger partial charge in [-0.15, -0.1) is 0 Å². The molecule has 3 fully saturated rings. The zero-order chi connectivity index (χ0) is 41.8. The first-order valence-corrected chi connectivity index (χ1v) is 22.2. The number of amides is 4. The van der Waals surface area contributed by atoms with Crippen LogP contribution in [0.4, 0.5) is 27.7 Å². The van der Waals surface area contributed by atoms with E-state index in [4.69, 9.17) is 9.84 Å². The van der Waals surface area contributed by atoms with Gasteiger partial charge < -0.3 is 28.7 Å². The maximum Gasteiger partial charge on any atom is 0.328 e. The van der Waals surface area contributed by atoms with Crippen LogP contribution in [0.15, 0.2) is 61.1 Å². The van der Waals surface area contributed by atoms with Gasteiger partial charge in [0.05, 0.1) is 31.6 Å². The lowest BCUT2D eigenvalue weighted by Crippen LogP contribution is -2.50. The Hall–Kier alpha value is -5.89. The smallest absolute Gasteiger partial charge is 0.328 e. The second-order valence-corrected chi connectivity index (χ2v) is 17.6. The number of imidazole rings is 1. The van der Waals surface area contributed by atoms with Gasteiger partial charge in [-0.1, -0.05) is 12.1 Å². The number of aromatic nitrogens is 4. The molecule has 5 aliphatic rings. The number of rotatable bonds is 8. The Kier molecular flexibility index (Phi) is 10.4. The van der Waals surface area contributed by atoms with Crippen LogP contribution in [0.2, 0.25) is 0 Å². The Morgan fingerprint density at radius 3 is 2.49 bits per heavy atom. The van der Waals surface area contributed by atoms with Crippen molar-refractivity contribution in [2.24, 2.45) is 5.92 Å². The van der Waals surface area contributed by atoms with Crippen LogP contribution in [0, 0.1) is 12.8 Å². The molecule has 3 aromatic heterocycles. The van der Waals surface area contributed by atoms with E-state index in [9.17, 15) is 14.4 Å². The second kappa shape index (κ2) is 16.2. The molecule has 0 radical (unpaired) electrons. The molecule has 0 aliphatic carbocycles. The summed E-state index contributed by atoms with van der Waals surface area (Å²) in [7, 11) is 1.72. The van der Waals surface area contributed by atoms with Crippen LogP contribution in [-0.2, 0) is 29.0 Å². The van der Waals surface area contributed by atoms with Crippen molar-refractivity contribution in [1.29, 1.82) is 0 Å². The van der Waals surface area contributed by atoms with E-state index < -0.39 is 0 Å². The number of fused-ring (bicyclic) bond motifs is 3. The topological polar surface area (TPSA) is 124 Å². The van der Waals surface area contributed by atoms with Crippen molar-refractivity contribution in [2.75, 3.05) is 74.2 Å². The van der Waals surface area contributed by atoms with Crippen molar-refractivity contribution in [3.05, 3.63) is 83.4 Å². The van der Waals surface area contributed by atoms with Crippen LogP contribution in [0.3, 0.4) is 0 Å². The Balaban J connectivity index is 0.822. The molecule has 5 aromatic rings. The maximum absolute atomic E-state index is 12.7. The summed E-state index contributed by atoms with van der Waals surface area (Å²) in [5.41, 5.74) is 11.2. The number of nitrogens with one attached hydrogen (secondary N) is 1. The quantitative estimate of drug-likeness (QED) is 0.187. The highest BCUT2D eigenvalue weighted by Gasteiger charge is 2.35. The fourth-order valence-electron chi connectivity index (χ4n) is 10.6. The van der Waals surface area contributed by atoms with Crippen molar-refractivity contribution in [2.45, 2.75) is 77.8 Å². The molecule has 8 heterocycles. The molecule has 0 bridgehead atoms. The lowest BCUT2D eigenvalue weighted by molar-refractivity contribution is -0.129. The summed E-state index contributed by atoms with van der Waals surface area (Å²) in [4.78, 5) is 52.9. The minimum Gasteiger partial charge on any atom is -0.495 e. The highest BCUT2D eigenvalue weighted by molar-refractivity contribution is 6.06. The number of carbonyl (C=O) groups is 3. The van der Waals surface area contributed by atoms with Gasteiger partial charge in [0.25, 0.3) is 0 Å². The fourth-order valence-corrected chi connectivity index (χ4v) is 10.6. The predicted molar refractivity (Wildman–Crippen MR) is 236 cm³/mol. The summed E-state index contributed by atoms with van der Waals surface area (Å²) in [5.74, 6) is 2.37. The number of carbonyl (C=O) groups excluding carboxylic acids is 3. The van der Waals surface area contributed by atoms with Gasteiger partial charge in [0.2, 0.25) is 11.8 Å². The minimum atomic E-state index is -0.337. The van der Waals surface area contributed by atoms with Crippen molar-refractivity contribution < 1.29 is 19.1 Å². The third-order valence-corrected chi connectivity index (χ3v) is 14.0. The van der Waals surface area contributed by atoms with Gasteiger partial charge in [0, 0.05) is 113 Å². The molecule has 14 heteroatoms. The van der Waals surface area contributed by atoms with Crippen LogP contribution in [0.5, 0.6) is 5.75 Å². The van der Waals surface area contributed by atoms with E-state index >= 15 is 0 Å². The van der Waals surface area contributed by atoms with Gasteiger partial charge >= 0.3 is 6.03 Å². The average Bonchev–Trinajstić information content (AvgIpc) is 3.91. The van der Waals surface area contributed by atoms with Crippen molar-refractivity contribution in [3.8, 4) is 16.9 Å².